The predicted octanol–water partition coefficient (Wildman–Crippen LogP) is 8.66. The molecule has 0 saturated heterocycles. The number of hydrogen-bond donors (Lipinski definition) is 0. The minimum absolute atomic E-state index is 0.640. The molecule has 3 heterocycles. The first kappa shape index (κ1) is 25.2. The van der Waals surface area contributed by atoms with E-state index in [9.17, 15) is 0 Å². The highest BCUT2D eigenvalue weighted by Gasteiger charge is 2.13. The van der Waals surface area contributed by atoms with E-state index in [2.05, 4.69) is 52.4 Å². The largest absolute Gasteiger partial charge is 0.264 e. The lowest BCUT2D eigenvalue weighted by Crippen LogP contribution is -2.00. The number of hydrogen-bond acceptors (Lipinski definition) is 5. The molecule has 0 N–H and O–H groups in total. The average Bonchev–Trinajstić information content (AvgIpc) is 3.09. The van der Waals surface area contributed by atoms with E-state index in [0.29, 0.717) is 17.5 Å². The summed E-state index contributed by atoms with van der Waals surface area (Å²) in [5.74, 6) is 1.94. The van der Waals surface area contributed by atoms with E-state index < -0.39 is 0 Å². The molecule has 198 valence electrons. The smallest absolute Gasteiger partial charge is 0.164 e. The van der Waals surface area contributed by atoms with Crippen LogP contribution < -0.4 is 0 Å². The van der Waals surface area contributed by atoms with E-state index in [1.165, 1.54) is 0 Å². The molecule has 0 aliphatic heterocycles. The minimum Gasteiger partial charge on any atom is -0.264 e. The Kier molecular flexibility index (Phi) is 6.81. The third-order valence-electron chi connectivity index (χ3n) is 7.09. The third kappa shape index (κ3) is 5.31. The van der Waals surface area contributed by atoms with Gasteiger partial charge in [0.05, 0.1) is 5.69 Å². The first-order chi connectivity index (χ1) is 20.8. The quantitative estimate of drug-likeness (QED) is 0.212. The van der Waals surface area contributed by atoms with Crippen molar-refractivity contribution in [2.24, 2.45) is 0 Å². The van der Waals surface area contributed by atoms with Crippen LogP contribution in [-0.4, -0.2) is 24.9 Å². The van der Waals surface area contributed by atoms with Crippen LogP contribution >= 0.6 is 0 Å². The fourth-order valence-electron chi connectivity index (χ4n) is 4.88. The molecule has 0 saturated carbocycles. The number of aromatic nitrogens is 5. The molecule has 7 aromatic rings. The summed E-state index contributed by atoms with van der Waals surface area (Å²) in [7, 11) is 0. The van der Waals surface area contributed by atoms with Gasteiger partial charge in [0, 0.05) is 46.4 Å². The van der Waals surface area contributed by atoms with E-state index in [-0.39, 0.29) is 0 Å². The lowest BCUT2D eigenvalue weighted by atomic mass is 9.99. The molecular formula is C37H25N5. The zero-order valence-corrected chi connectivity index (χ0v) is 22.7. The SMILES string of the molecule is c1ccc(-c2nc(-c3ccccc3)nc(-c3cccc(-c4ccc(-c5ccc(-c6cccnc6)nc5)cc4)c3)n2)cc1. The van der Waals surface area contributed by atoms with Crippen LogP contribution in [0.4, 0.5) is 0 Å². The maximum Gasteiger partial charge on any atom is 0.164 e. The van der Waals surface area contributed by atoms with Crippen molar-refractivity contribution in [3.8, 4) is 67.7 Å². The summed E-state index contributed by atoms with van der Waals surface area (Å²) < 4.78 is 0. The Morgan fingerprint density at radius 1 is 0.333 bits per heavy atom. The monoisotopic (exact) mass is 539 g/mol. The van der Waals surface area contributed by atoms with Crippen molar-refractivity contribution in [3.63, 3.8) is 0 Å². The molecule has 0 fully saturated rings. The molecule has 0 atom stereocenters. The van der Waals surface area contributed by atoms with Gasteiger partial charge in [0.2, 0.25) is 0 Å². The van der Waals surface area contributed by atoms with Crippen molar-refractivity contribution < 1.29 is 0 Å². The first-order valence-corrected chi connectivity index (χ1v) is 13.7. The molecule has 3 aromatic heterocycles. The van der Waals surface area contributed by atoms with Crippen molar-refractivity contribution in [1.82, 2.24) is 24.9 Å². The molecule has 5 nitrogen and oxygen atoms in total. The summed E-state index contributed by atoms with van der Waals surface area (Å²) in [6.45, 7) is 0. The molecule has 7 rings (SSSR count). The van der Waals surface area contributed by atoms with Crippen LogP contribution in [0, 0.1) is 0 Å². The Morgan fingerprint density at radius 2 is 0.857 bits per heavy atom. The van der Waals surface area contributed by atoms with Gasteiger partial charge in [0.1, 0.15) is 0 Å². The highest BCUT2D eigenvalue weighted by atomic mass is 15.0. The standard InChI is InChI=1S/C37H25N5/c1-3-9-28(10-4-1)35-40-36(29-11-5-2-6-12-29)42-37(41-35)31-14-7-13-30(23-31)26-16-18-27(19-17-26)32-20-21-34(39-25-32)33-15-8-22-38-24-33/h1-25H. The molecule has 0 radical (unpaired) electrons. The summed E-state index contributed by atoms with van der Waals surface area (Å²) in [5.41, 5.74) is 9.12. The van der Waals surface area contributed by atoms with E-state index in [1.54, 1.807) is 6.20 Å². The second-order valence-electron chi connectivity index (χ2n) is 9.87. The number of nitrogens with zero attached hydrogens (tertiary/aromatic N) is 5. The highest BCUT2D eigenvalue weighted by molar-refractivity contribution is 5.75. The van der Waals surface area contributed by atoms with Gasteiger partial charge in [0.15, 0.2) is 17.5 Å². The van der Waals surface area contributed by atoms with Gasteiger partial charge in [-0.2, -0.15) is 0 Å². The molecule has 0 unspecified atom stereocenters. The number of pyridine rings is 2. The summed E-state index contributed by atoms with van der Waals surface area (Å²) in [5, 5.41) is 0. The fourth-order valence-corrected chi connectivity index (χ4v) is 4.88. The van der Waals surface area contributed by atoms with Crippen LogP contribution in [0.5, 0.6) is 0 Å². The van der Waals surface area contributed by atoms with Gasteiger partial charge in [-0.1, -0.05) is 109 Å². The molecule has 5 heteroatoms. The Labute approximate surface area is 244 Å². The van der Waals surface area contributed by atoms with Gasteiger partial charge in [-0.15, -0.1) is 0 Å². The van der Waals surface area contributed by atoms with Crippen molar-refractivity contribution in [2.45, 2.75) is 0 Å². The van der Waals surface area contributed by atoms with E-state index in [4.69, 9.17) is 15.0 Å². The van der Waals surface area contributed by atoms with E-state index in [0.717, 1.165) is 50.2 Å². The summed E-state index contributed by atoms with van der Waals surface area (Å²) in [4.78, 5) is 23.4. The van der Waals surface area contributed by atoms with Gasteiger partial charge in [0.25, 0.3) is 0 Å². The Balaban J connectivity index is 1.20. The Bertz CT molecular complexity index is 1880. The molecule has 0 spiro atoms. The number of rotatable bonds is 6. The van der Waals surface area contributed by atoms with Crippen LogP contribution in [-0.2, 0) is 0 Å². The van der Waals surface area contributed by atoms with Gasteiger partial charge < -0.3 is 0 Å². The van der Waals surface area contributed by atoms with Crippen molar-refractivity contribution in [3.05, 3.63) is 152 Å². The van der Waals surface area contributed by atoms with Crippen molar-refractivity contribution in [2.75, 3.05) is 0 Å². The lowest BCUT2D eigenvalue weighted by Gasteiger charge is -2.10. The van der Waals surface area contributed by atoms with Gasteiger partial charge in [-0.3, -0.25) is 9.97 Å². The maximum absolute atomic E-state index is 4.88. The molecule has 0 amide bonds. The molecule has 4 aromatic carbocycles. The average molecular weight is 540 g/mol. The topological polar surface area (TPSA) is 64.5 Å². The Morgan fingerprint density at radius 3 is 1.43 bits per heavy atom. The predicted molar refractivity (Wildman–Crippen MR) is 168 cm³/mol. The van der Waals surface area contributed by atoms with E-state index in [1.807, 2.05) is 103 Å². The highest BCUT2D eigenvalue weighted by Crippen LogP contribution is 2.30. The van der Waals surface area contributed by atoms with Crippen molar-refractivity contribution in [1.29, 1.82) is 0 Å². The summed E-state index contributed by atoms with van der Waals surface area (Å²) >= 11 is 0. The second-order valence-corrected chi connectivity index (χ2v) is 9.87. The molecule has 0 aliphatic rings. The third-order valence-corrected chi connectivity index (χ3v) is 7.09. The van der Waals surface area contributed by atoms with Gasteiger partial charge in [-0.05, 0) is 41.0 Å². The van der Waals surface area contributed by atoms with Gasteiger partial charge in [-0.25, -0.2) is 15.0 Å². The summed E-state index contributed by atoms with van der Waals surface area (Å²) in [6.07, 6.45) is 5.50. The minimum atomic E-state index is 0.640. The van der Waals surface area contributed by atoms with E-state index >= 15 is 0 Å². The zero-order chi connectivity index (χ0) is 28.1. The second kappa shape index (κ2) is 11.4. The van der Waals surface area contributed by atoms with Crippen LogP contribution in [0.2, 0.25) is 0 Å². The zero-order valence-electron chi connectivity index (χ0n) is 22.7. The molecular weight excluding hydrogens is 514 g/mol. The first-order valence-electron chi connectivity index (χ1n) is 13.7. The summed E-state index contributed by atoms with van der Waals surface area (Å²) in [6, 6.07) is 45.0. The van der Waals surface area contributed by atoms with Crippen LogP contribution in [0.3, 0.4) is 0 Å². The van der Waals surface area contributed by atoms with Crippen LogP contribution in [0.15, 0.2) is 152 Å². The lowest BCUT2D eigenvalue weighted by molar-refractivity contribution is 1.07. The van der Waals surface area contributed by atoms with Crippen molar-refractivity contribution >= 4 is 0 Å². The fraction of sp³-hybridized carbons (Fsp3) is 0. The molecule has 42 heavy (non-hydrogen) atoms. The number of benzene rings is 4. The molecule has 0 aliphatic carbocycles. The normalized spacial score (nSPS) is 10.9. The Hall–Kier alpha value is -5.81. The van der Waals surface area contributed by atoms with Crippen LogP contribution in [0.25, 0.3) is 67.7 Å². The van der Waals surface area contributed by atoms with Gasteiger partial charge >= 0.3 is 0 Å². The maximum atomic E-state index is 4.88. The molecule has 0 bridgehead atoms. The van der Waals surface area contributed by atoms with Crippen LogP contribution in [0.1, 0.15) is 0 Å².